The molecule has 17 nitrogen and oxygen atoms in total. The highest BCUT2D eigenvalue weighted by Crippen LogP contribution is 2.60. The van der Waals surface area contributed by atoms with E-state index < -0.39 is 113 Å². The predicted octanol–water partition coefficient (Wildman–Crippen LogP) is 5.35. The summed E-state index contributed by atoms with van der Waals surface area (Å²) in [5.74, 6) is -5.25. The van der Waals surface area contributed by atoms with Gasteiger partial charge >= 0.3 is 23.9 Å². The van der Waals surface area contributed by atoms with Crippen LogP contribution in [0.1, 0.15) is 81.7 Å². The van der Waals surface area contributed by atoms with Gasteiger partial charge in [0.05, 0.1) is 19.2 Å². The fourth-order valence-electron chi connectivity index (χ4n) is 10.8. The maximum Gasteiger partial charge on any atom is 0.348 e. The summed E-state index contributed by atoms with van der Waals surface area (Å²) >= 11 is 0. The second-order valence-corrected chi connectivity index (χ2v) is 21.4. The molecule has 9 rings (SSSR count). The van der Waals surface area contributed by atoms with E-state index in [2.05, 4.69) is 5.32 Å². The van der Waals surface area contributed by atoms with E-state index >= 15 is 4.79 Å². The number of fused-ring (bicyclic) bond motifs is 4. The third-order valence-corrected chi connectivity index (χ3v) is 14.4. The smallest absolute Gasteiger partial charge is 0.348 e. The van der Waals surface area contributed by atoms with Crippen molar-refractivity contribution in [2.24, 2.45) is 10.8 Å². The van der Waals surface area contributed by atoms with Crippen molar-refractivity contribution in [3.8, 4) is 0 Å². The van der Waals surface area contributed by atoms with Gasteiger partial charge in [-0.05, 0) is 50.0 Å². The van der Waals surface area contributed by atoms with Gasteiger partial charge < -0.3 is 43.7 Å². The molecule has 4 aromatic carbocycles. The fourth-order valence-corrected chi connectivity index (χ4v) is 10.8. The maximum absolute atomic E-state index is 16.1. The lowest BCUT2D eigenvalue weighted by Gasteiger charge is -2.50. The van der Waals surface area contributed by atoms with Gasteiger partial charge in [-0.2, -0.15) is 5.06 Å². The zero-order chi connectivity index (χ0) is 52.6. The fraction of sp³-hybridized carbons (Fsp3) is 0.439. The number of hydroxylamine groups is 2. The van der Waals surface area contributed by atoms with Crippen molar-refractivity contribution in [2.75, 3.05) is 20.3 Å². The van der Waals surface area contributed by atoms with Gasteiger partial charge in [0.2, 0.25) is 23.7 Å². The maximum atomic E-state index is 16.1. The molecule has 4 heterocycles. The van der Waals surface area contributed by atoms with Crippen molar-refractivity contribution in [3.05, 3.63) is 149 Å². The standard InChI is InChI=1S/C57H63N3O14/c1-54(2,3)71-44(63)28-26-40(33-61)58-50(64)41(30-35-17-10-7-11-18-35)59(6)53(67)56-31-42-45-46(73-57(72-45,38-21-12-8-13-22-38)39-23-14-9-15-24-39)48(56)74-60(47(56)51(65)69-42)32-37-20-16-19-36(29-37)25-27-43(62)70-49-52(66)68-34-55(49,4)5/h7-25,27,29,40-42,45-49,61H,26,28,30-34H2,1-6H3,(H,58,64). The van der Waals surface area contributed by atoms with E-state index in [1.54, 1.807) is 58.9 Å². The molecule has 0 radical (unpaired) electrons. The minimum absolute atomic E-state index is 0.0432. The first kappa shape index (κ1) is 52.1. The third kappa shape index (κ3) is 10.4. The topological polar surface area (TPSA) is 206 Å². The summed E-state index contributed by atoms with van der Waals surface area (Å²) in [6.45, 7) is 8.40. The van der Waals surface area contributed by atoms with Gasteiger partial charge in [0, 0.05) is 48.9 Å². The van der Waals surface area contributed by atoms with Crippen molar-refractivity contribution in [2.45, 2.75) is 127 Å². The van der Waals surface area contributed by atoms with Crippen molar-refractivity contribution >= 4 is 41.8 Å². The summed E-state index contributed by atoms with van der Waals surface area (Å²) in [6.07, 6.45) is -2.39. The Morgan fingerprint density at radius 3 is 2.12 bits per heavy atom. The second kappa shape index (κ2) is 20.9. The molecule has 0 aromatic heterocycles. The number of aliphatic hydroxyl groups excluding tert-OH is 1. The quantitative estimate of drug-likeness (QED) is 0.0778. The van der Waals surface area contributed by atoms with Crippen LogP contribution in [0.3, 0.4) is 0 Å². The molecule has 1 saturated carbocycles. The molecule has 4 aromatic rings. The first-order valence-corrected chi connectivity index (χ1v) is 25.0. The molecule has 4 aliphatic heterocycles. The number of esters is 4. The van der Waals surface area contributed by atoms with Crippen LogP contribution >= 0.6 is 0 Å². The summed E-state index contributed by atoms with van der Waals surface area (Å²) in [7, 11) is 1.52. The zero-order valence-electron chi connectivity index (χ0n) is 42.3. The molecule has 2 amide bonds. The second-order valence-electron chi connectivity index (χ2n) is 21.4. The van der Waals surface area contributed by atoms with Gasteiger partial charge in [-0.25, -0.2) is 9.59 Å². The van der Waals surface area contributed by atoms with Crippen LogP contribution in [-0.2, 0) is 80.8 Å². The van der Waals surface area contributed by atoms with Gasteiger partial charge in [0.1, 0.15) is 48.1 Å². The number of likely N-dealkylation sites (N-methyl/N-ethyl adjacent to an activating group) is 1. The van der Waals surface area contributed by atoms with Crippen molar-refractivity contribution in [1.29, 1.82) is 0 Å². The molecule has 17 heteroatoms. The summed E-state index contributed by atoms with van der Waals surface area (Å²) in [5.41, 5.74) is 0.146. The molecule has 0 spiro atoms. The van der Waals surface area contributed by atoms with Crippen molar-refractivity contribution in [3.63, 3.8) is 0 Å². The summed E-state index contributed by atoms with van der Waals surface area (Å²) in [5, 5.41) is 14.8. The van der Waals surface area contributed by atoms with Crippen LogP contribution in [0.15, 0.2) is 121 Å². The van der Waals surface area contributed by atoms with E-state index in [1.165, 1.54) is 23.1 Å². The van der Waals surface area contributed by atoms with Crippen LogP contribution in [0, 0.1) is 10.8 Å². The highest BCUT2D eigenvalue weighted by Gasteiger charge is 2.77. The minimum Gasteiger partial charge on any atom is -0.462 e. The monoisotopic (exact) mass is 1010 g/mol. The van der Waals surface area contributed by atoms with E-state index in [4.69, 9.17) is 33.3 Å². The lowest BCUT2D eigenvalue weighted by atomic mass is 9.62. The Morgan fingerprint density at radius 2 is 1.50 bits per heavy atom. The van der Waals surface area contributed by atoms with Gasteiger partial charge in [0.25, 0.3) is 0 Å². The number of carbonyl (C=O) groups excluding carboxylic acids is 6. The number of nitrogens with zero attached hydrogens (tertiary/aromatic N) is 2. The van der Waals surface area contributed by atoms with Gasteiger partial charge in [0.15, 0.2) is 6.04 Å². The lowest BCUT2D eigenvalue weighted by Crippen LogP contribution is -2.70. The van der Waals surface area contributed by atoms with Crippen LogP contribution < -0.4 is 5.32 Å². The molecule has 9 unspecified atom stereocenters. The molecular formula is C57H63N3O14. The Hall–Kier alpha value is -6.76. The number of hydrogen-bond acceptors (Lipinski definition) is 15. The van der Waals surface area contributed by atoms with Crippen LogP contribution in [0.5, 0.6) is 0 Å². The number of rotatable bonds is 17. The molecule has 390 valence electrons. The molecule has 4 saturated heterocycles. The molecule has 74 heavy (non-hydrogen) atoms. The summed E-state index contributed by atoms with van der Waals surface area (Å²) < 4.78 is 36.7. The lowest BCUT2D eigenvalue weighted by molar-refractivity contribution is -0.214. The molecule has 2 bridgehead atoms. The average molecular weight is 1010 g/mol. The number of hydrogen-bond donors (Lipinski definition) is 2. The van der Waals surface area contributed by atoms with Gasteiger partial charge in [-0.3, -0.25) is 24.0 Å². The molecule has 5 aliphatic rings. The number of cyclic esters (lactones) is 1. The first-order valence-electron chi connectivity index (χ1n) is 25.0. The SMILES string of the molecule is CN(C(=O)C12CC3OC(=O)C1N(Cc1cccc(C=CC(=O)OC4C(=O)OCC4(C)C)c1)OC2C1OC(c2ccccc2)(c2ccccc2)OC31)C(Cc1ccccc1)C(=O)NC(CO)CCC(=O)OC(C)(C)C. The van der Waals surface area contributed by atoms with E-state index in [1.807, 2.05) is 97.1 Å². The Labute approximate surface area is 430 Å². The highest BCUT2D eigenvalue weighted by molar-refractivity contribution is 5.96. The molecule has 5 fully saturated rings. The Balaban J connectivity index is 1.06. The number of ether oxygens (including phenoxy) is 6. The largest absolute Gasteiger partial charge is 0.462 e. The average Bonchev–Trinajstić information content (AvgIpc) is 4.04. The van der Waals surface area contributed by atoms with Crippen LogP contribution in [0.25, 0.3) is 6.08 Å². The normalized spacial score (nSPS) is 26.3. The van der Waals surface area contributed by atoms with Crippen LogP contribution in [0.2, 0.25) is 0 Å². The number of benzene rings is 4. The number of carbonyl (C=O) groups is 6. The number of amides is 2. The molecule has 9 atom stereocenters. The third-order valence-electron chi connectivity index (χ3n) is 14.4. The predicted molar refractivity (Wildman–Crippen MR) is 265 cm³/mol. The van der Waals surface area contributed by atoms with Crippen molar-refractivity contribution < 1.29 is 67.1 Å². The number of aliphatic hydroxyl groups is 1. The molecular weight excluding hydrogens is 951 g/mol. The number of nitrogens with one attached hydrogen (secondary N) is 1. The van der Waals surface area contributed by atoms with Crippen LogP contribution in [0.4, 0.5) is 0 Å². The van der Waals surface area contributed by atoms with Crippen LogP contribution in [-0.4, -0.2) is 125 Å². The molecule has 1 aliphatic carbocycles. The minimum atomic E-state index is -1.72. The zero-order valence-corrected chi connectivity index (χ0v) is 42.3. The highest BCUT2D eigenvalue weighted by atomic mass is 16.8. The van der Waals surface area contributed by atoms with Gasteiger partial charge in [-0.1, -0.05) is 129 Å². The van der Waals surface area contributed by atoms with E-state index in [0.29, 0.717) is 22.3 Å². The summed E-state index contributed by atoms with van der Waals surface area (Å²) in [4.78, 5) is 92.0. The summed E-state index contributed by atoms with van der Waals surface area (Å²) in [6, 6.07) is 31.6. The first-order chi connectivity index (χ1) is 35.3. The van der Waals surface area contributed by atoms with E-state index in [0.717, 1.165) is 5.56 Å². The molecule has 2 N–H and O–H groups in total. The van der Waals surface area contributed by atoms with Gasteiger partial charge in [-0.15, -0.1) is 0 Å². The van der Waals surface area contributed by atoms with E-state index in [9.17, 15) is 29.1 Å². The Bertz CT molecular complexity index is 2720. The Kier molecular flexibility index (Phi) is 14.7. The van der Waals surface area contributed by atoms with Crippen molar-refractivity contribution in [1.82, 2.24) is 15.3 Å². The Morgan fingerprint density at radius 1 is 0.865 bits per heavy atom. The van der Waals surface area contributed by atoms with E-state index in [-0.39, 0.29) is 38.8 Å².